The van der Waals surface area contributed by atoms with Crippen molar-refractivity contribution in [2.75, 3.05) is 13.1 Å². The van der Waals surface area contributed by atoms with Gasteiger partial charge in [0.25, 0.3) is 11.5 Å². The molecule has 1 amide bonds. The molecule has 20 heavy (non-hydrogen) atoms. The quantitative estimate of drug-likeness (QED) is 0.863. The Morgan fingerprint density at radius 1 is 1.45 bits per heavy atom. The predicted molar refractivity (Wildman–Crippen MR) is 72.7 cm³/mol. The van der Waals surface area contributed by atoms with Gasteiger partial charge in [-0.15, -0.1) is 0 Å². The number of rotatable bonds is 3. The third kappa shape index (κ3) is 3.26. The average molecular weight is 278 g/mol. The fourth-order valence-corrected chi connectivity index (χ4v) is 2.57. The van der Waals surface area contributed by atoms with Gasteiger partial charge in [0, 0.05) is 25.2 Å². The summed E-state index contributed by atoms with van der Waals surface area (Å²) in [6, 6.07) is 3.21. The minimum absolute atomic E-state index is 0.0327. The highest BCUT2D eigenvalue weighted by molar-refractivity contribution is 5.93. The second-order valence-corrected chi connectivity index (χ2v) is 5.24. The number of likely N-dealkylation sites (tertiary alicyclic amines) is 1. The maximum atomic E-state index is 12.3. The van der Waals surface area contributed by atoms with Crippen molar-refractivity contribution in [3.05, 3.63) is 33.7 Å². The number of amides is 1. The zero-order valence-electron chi connectivity index (χ0n) is 11.4. The molecule has 6 heteroatoms. The van der Waals surface area contributed by atoms with E-state index in [1.165, 1.54) is 6.07 Å². The Labute approximate surface area is 116 Å². The molecule has 1 atom stereocenters. The van der Waals surface area contributed by atoms with Gasteiger partial charge in [0.15, 0.2) is 0 Å². The van der Waals surface area contributed by atoms with Crippen molar-refractivity contribution < 1.29 is 14.7 Å². The minimum Gasteiger partial charge on any atom is -0.481 e. The lowest BCUT2D eigenvalue weighted by Gasteiger charge is -2.32. The van der Waals surface area contributed by atoms with Gasteiger partial charge in [0.05, 0.1) is 0 Å². The van der Waals surface area contributed by atoms with Gasteiger partial charge < -0.3 is 15.0 Å². The Balaban J connectivity index is 2.12. The van der Waals surface area contributed by atoms with Crippen molar-refractivity contribution in [2.45, 2.75) is 26.2 Å². The number of H-pyrrole nitrogens is 1. The molecule has 0 aliphatic carbocycles. The lowest BCUT2D eigenvalue weighted by atomic mass is 9.94. The van der Waals surface area contributed by atoms with Crippen LogP contribution in [0.2, 0.25) is 0 Å². The van der Waals surface area contributed by atoms with Crippen LogP contribution < -0.4 is 5.56 Å². The number of piperidine rings is 1. The highest BCUT2D eigenvalue weighted by atomic mass is 16.4. The van der Waals surface area contributed by atoms with E-state index in [9.17, 15) is 14.4 Å². The number of aryl methyl sites for hydroxylation is 1. The number of carbonyl (C=O) groups is 2. The first-order chi connectivity index (χ1) is 9.47. The summed E-state index contributed by atoms with van der Waals surface area (Å²) >= 11 is 0. The molecule has 1 aromatic heterocycles. The van der Waals surface area contributed by atoms with E-state index in [1.54, 1.807) is 17.9 Å². The number of aromatic nitrogens is 1. The standard InChI is InChI=1S/C14H18N2O4/c1-9-4-5-11(13(19)15-9)14(20)16-6-2-3-10(8-16)7-12(17)18/h4-5,10H,2-3,6-8H2,1H3,(H,15,19)(H,17,18). The molecule has 2 rings (SSSR count). The molecule has 0 aromatic carbocycles. The number of aromatic amines is 1. The highest BCUT2D eigenvalue weighted by Gasteiger charge is 2.27. The molecular weight excluding hydrogens is 260 g/mol. The Bertz CT molecular complexity index is 579. The van der Waals surface area contributed by atoms with Crippen LogP contribution in [-0.2, 0) is 4.79 Å². The topological polar surface area (TPSA) is 90.5 Å². The van der Waals surface area contributed by atoms with Gasteiger partial charge >= 0.3 is 5.97 Å². The fourth-order valence-electron chi connectivity index (χ4n) is 2.57. The lowest BCUT2D eigenvalue weighted by molar-refractivity contribution is -0.138. The summed E-state index contributed by atoms with van der Waals surface area (Å²) in [5.74, 6) is -1.20. The Morgan fingerprint density at radius 3 is 2.85 bits per heavy atom. The molecule has 2 heterocycles. The predicted octanol–water partition coefficient (Wildman–Crippen LogP) is 1.01. The van der Waals surface area contributed by atoms with Crippen LogP contribution in [0.25, 0.3) is 0 Å². The van der Waals surface area contributed by atoms with Gasteiger partial charge in [-0.25, -0.2) is 0 Å². The second kappa shape index (κ2) is 5.90. The molecule has 1 fully saturated rings. The summed E-state index contributed by atoms with van der Waals surface area (Å²) in [4.78, 5) is 39.0. The molecular formula is C14H18N2O4. The van der Waals surface area contributed by atoms with Crippen LogP contribution >= 0.6 is 0 Å². The molecule has 0 spiro atoms. The third-order valence-corrected chi connectivity index (χ3v) is 3.56. The molecule has 1 saturated heterocycles. The molecule has 6 nitrogen and oxygen atoms in total. The zero-order chi connectivity index (χ0) is 14.7. The van der Waals surface area contributed by atoms with Gasteiger partial charge in [-0.2, -0.15) is 0 Å². The first kappa shape index (κ1) is 14.3. The van der Waals surface area contributed by atoms with Crippen molar-refractivity contribution in [3.8, 4) is 0 Å². The summed E-state index contributed by atoms with van der Waals surface area (Å²) in [6.07, 6.45) is 1.64. The average Bonchev–Trinajstić information content (AvgIpc) is 2.37. The first-order valence-corrected chi connectivity index (χ1v) is 6.68. The summed E-state index contributed by atoms with van der Waals surface area (Å²) in [7, 11) is 0. The van der Waals surface area contributed by atoms with Crippen LogP contribution in [0.5, 0.6) is 0 Å². The van der Waals surface area contributed by atoms with Crippen LogP contribution in [0, 0.1) is 12.8 Å². The van der Waals surface area contributed by atoms with Crippen molar-refractivity contribution >= 4 is 11.9 Å². The van der Waals surface area contributed by atoms with Gasteiger partial charge in [-0.1, -0.05) is 0 Å². The van der Waals surface area contributed by atoms with E-state index < -0.39 is 11.5 Å². The number of carbonyl (C=O) groups excluding carboxylic acids is 1. The van der Waals surface area contributed by atoms with E-state index in [1.807, 2.05) is 0 Å². The Hall–Kier alpha value is -2.11. The van der Waals surface area contributed by atoms with Gasteiger partial charge in [-0.05, 0) is 37.8 Å². The van der Waals surface area contributed by atoms with Gasteiger partial charge in [0.1, 0.15) is 5.56 Å². The normalized spacial score (nSPS) is 18.9. The minimum atomic E-state index is -0.850. The summed E-state index contributed by atoms with van der Waals surface area (Å²) in [6.45, 7) is 2.72. The molecule has 2 N–H and O–H groups in total. The number of hydrogen-bond donors (Lipinski definition) is 2. The largest absolute Gasteiger partial charge is 0.481 e. The number of carboxylic acid groups (broad SMARTS) is 1. The van der Waals surface area contributed by atoms with Crippen LogP contribution in [0.4, 0.5) is 0 Å². The third-order valence-electron chi connectivity index (χ3n) is 3.56. The molecule has 1 aliphatic heterocycles. The zero-order valence-corrected chi connectivity index (χ0v) is 11.4. The maximum Gasteiger partial charge on any atom is 0.303 e. The van der Waals surface area contributed by atoms with Crippen LogP contribution in [0.3, 0.4) is 0 Å². The number of nitrogens with zero attached hydrogens (tertiary/aromatic N) is 1. The van der Waals surface area contributed by atoms with E-state index >= 15 is 0 Å². The van der Waals surface area contributed by atoms with Crippen molar-refractivity contribution in [3.63, 3.8) is 0 Å². The number of nitrogens with one attached hydrogen (secondary N) is 1. The molecule has 108 valence electrons. The molecule has 1 aromatic rings. The van der Waals surface area contributed by atoms with Crippen molar-refractivity contribution in [1.29, 1.82) is 0 Å². The smallest absolute Gasteiger partial charge is 0.303 e. The molecule has 1 unspecified atom stereocenters. The first-order valence-electron chi connectivity index (χ1n) is 6.68. The van der Waals surface area contributed by atoms with Crippen molar-refractivity contribution in [1.82, 2.24) is 9.88 Å². The lowest BCUT2D eigenvalue weighted by Crippen LogP contribution is -2.42. The van der Waals surface area contributed by atoms with Gasteiger partial charge in [0.2, 0.25) is 0 Å². The second-order valence-electron chi connectivity index (χ2n) is 5.24. The molecule has 0 bridgehead atoms. The highest BCUT2D eigenvalue weighted by Crippen LogP contribution is 2.20. The number of hydrogen-bond acceptors (Lipinski definition) is 3. The number of pyridine rings is 1. The van der Waals surface area contributed by atoms with E-state index in [0.29, 0.717) is 18.8 Å². The Morgan fingerprint density at radius 2 is 2.20 bits per heavy atom. The fraction of sp³-hybridized carbons (Fsp3) is 0.500. The van der Waals surface area contributed by atoms with Gasteiger partial charge in [-0.3, -0.25) is 14.4 Å². The van der Waals surface area contributed by atoms with E-state index in [-0.39, 0.29) is 23.8 Å². The van der Waals surface area contributed by atoms with E-state index in [0.717, 1.165) is 12.8 Å². The molecule has 1 aliphatic rings. The summed E-state index contributed by atoms with van der Waals surface area (Å²) < 4.78 is 0. The molecule has 0 radical (unpaired) electrons. The summed E-state index contributed by atoms with van der Waals surface area (Å²) in [5.41, 5.74) is 0.427. The Kier molecular flexibility index (Phi) is 4.22. The van der Waals surface area contributed by atoms with E-state index in [4.69, 9.17) is 5.11 Å². The number of carboxylic acids is 1. The van der Waals surface area contributed by atoms with E-state index in [2.05, 4.69) is 4.98 Å². The number of aliphatic carboxylic acids is 1. The molecule has 0 saturated carbocycles. The van der Waals surface area contributed by atoms with Crippen LogP contribution in [0.15, 0.2) is 16.9 Å². The SMILES string of the molecule is Cc1ccc(C(=O)N2CCCC(CC(=O)O)C2)c(=O)[nH]1. The van der Waals surface area contributed by atoms with Crippen LogP contribution in [0.1, 0.15) is 35.3 Å². The monoisotopic (exact) mass is 278 g/mol. The van der Waals surface area contributed by atoms with Crippen molar-refractivity contribution in [2.24, 2.45) is 5.92 Å². The van der Waals surface area contributed by atoms with Crippen LogP contribution in [-0.4, -0.2) is 40.0 Å². The maximum absolute atomic E-state index is 12.3. The summed E-state index contributed by atoms with van der Waals surface area (Å²) in [5, 5.41) is 8.82.